The first kappa shape index (κ1) is 23.0. The molecule has 0 aliphatic carbocycles. The lowest BCUT2D eigenvalue weighted by molar-refractivity contribution is 0.0922. The van der Waals surface area contributed by atoms with Crippen molar-refractivity contribution in [3.63, 3.8) is 0 Å². The van der Waals surface area contributed by atoms with Crippen LogP contribution in [0.3, 0.4) is 0 Å². The van der Waals surface area contributed by atoms with E-state index in [4.69, 9.17) is 4.42 Å². The maximum Gasteiger partial charge on any atom is 0.286 e. The van der Waals surface area contributed by atoms with Crippen LogP contribution in [-0.2, 0) is 23.1 Å². The standard InChI is InChI=1S/C25H30N2O3S/c1-3-27(18-21-11-5-4-6-12-21)17-9-16-26-25(28)23-15-14-22(30-23)19-31(29)24-13-8-7-10-20(24)2/h4-8,10-15H,3,9,16-19H2,1-2H3,(H,26,28)/t31-/m0/s1. The molecule has 0 spiro atoms. The summed E-state index contributed by atoms with van der Waals surface area (Å²) < 4.78 is 18.2. The molecule has 5 nitrogen and oxygen atoms in total. The molecule has 3 aromatic rings. The summed E-state index contributed by atoms with van der Waals surface area (Å²) in [4.78, 5) is 15.5. The van der Waals surface area contributed by atoms with Gasteiger partial charge in [-0.1, -0.05) is 55.5 Å². The van der Waals surface area contributed by atoms with Crippen LogP contribution >= 0.6 is 0 Å². The zero-order chi connectivity index (χ0) is 22.1. The second kappa shape index (κ2) is 11.6. The average Bonchev–Trinajstić information content (AvgIpc) is 3.25. The highest BCUT2D eigenvalue weighted by Crippen LogP contribution is 2.18. The van der Waals surface area contributed by atoms with E-state index >= 15 is 0 Å². The highest BCUT2D eigenvalue weighted by molar-refractivity contribution is 7.84. The Morgan fingerprint density at radius 2 is 1.77 bits per heavy atom. The maximum absolute atomic E-state index is 12.6. The van der Waals surface area contributed by atoms with Crippen LogP contribution in [0.4, 0.5) is 0 Å². The van der Waals surface area contributed by atoms with Crippen LogP contribution in [0.2, 0.25) is 0 Å². The van der Waals surface area contributed by atoms with E-state index in [9.17, 15) is 9.00 Å². The van der Waals surface area contributed by atoms with E-state index < -0.39 is 10.8 Å². The van der Waals surface area contributed by atoms with Gasteiger partial charge in [-0.3, -0.25) is 13.9 Å². The summed E-state index contributed by atoms with van der Waals surface area (Å²) >= 11 is 0. The number of carbonyl (C=O) groups excluding carboxylic acids is 1. The monoisotopic (exact) mass is 438 g/mol. The van der Waals surface area contributed by atoms with E-state index in [0.29, 0.717) is 12.3 Å². The van der Waals surface area contributed by atoms with Crippen LogP contribution in [-0.4, -0.2) is 34.7 Å². The Morgan fingerprint density at radius 1 is 1.03 bits per heavy atom. The third-order valence-electron chi connectivity index (χ3n) is 5.13. The summed E-state index contributed by atoms with van der Waals surface area (Å²) in [5.74, 6) is 0.822. The molecule has 1 atom stereocenters. The first-order valence-electron chi connectivity index (χ1n) is 10.6. The van der Waals surface area contributed by atoms with Crippen molar-refractivity contribution in [2.45, 2.75) is 37.5 Å². The van der Waals surface area contributed by atoms with Crippen LogP contribution in [0, 0.1) is 6.92 Å². The molecule has 2 aromatic carbocycles. The number of nitrogens with one attached hydrogen (secondary N) is 1. The normalized spacial score (nSPS) is 12.1. The lowest BCUT2D eigenvalue weighted by Gasteiger charge is -2.20. The van der Waals surface area contributed by atoms with Crippen molar-refractivity contribution < 1.29 is 13.4 Å². The minimum Gasteiger partial charge on any atom is -0.455 e. The molecule has 1 N–H and O–H groups in total. The van der Waals surface area contributed by atoms with Gasteiger partial charge in [-0.05, 0) is 49.2 Å². The zero-order valence-corrected chi connectivity index (χ0v) is 19.0. The van der Waals surface area contributed by atoms with Crippen molar-refractivity contribution in [3.8, 4) is 0 Å². The number of amides is 1. The highest BCUT2D eigenvalue weighted by atomic mass is 32.2. The SMILES string of the molecule is CCN(CCCNC(=O)c1ccc(C[S@](=O)c2ccccc2C)o1)Cc1ccccc1. The maximum atomic E-state index is 12.6. The minimum atomic E-state index is -1.21. The van der Waals surface area contributed by atoms with Crippen LogP contribution in [0.5, 0.6) is 0 Å². The van der Waals surface area contributed by atoms with E-state index in [2.05, 4.69) is 41.4 Å². The van der Waals surface area contributed by atoms with Gasteiger partial charge in [0, 0.05) is 24.5 Å². The number of hydrogen-bond donors (Lipinski definition) is 1. The number of benzene rings is 2. The second-order valence-electron chi connectivity index (χ2n) is 7.49. The Balaban J connectivity index is 1.43. The van der Waals surface area contributed by atoms with Gasteiger partial charge in [0.05, 0.1) is 16.6 Å². The Kier molecular flexibility index (Phi) is 8.62. The number of aryl methyl sites for hydroxylation is 1. The van der Waals surface area contributed by atoms with Gasteiger partial charge in [-0.2, -0.15) is 0 Å². The van der Waals surface area contributed by atoms with Gasteiger partial charge in [0.25, 0.3) is 5.91 Å². The molecule has 0 unspecified atom stereocenters. The largest absolute Gasteiger partial charge is 0.455 e. The predicted molar refractivity (Wildman–Crippen MR) is 124 cm³/mol. The van der Waals surface area contributed by atoms with Crippen molar-refractivity contribution >= 4 is 16.7 Å². The minimum absolute atomic E-state index is 0.237. The fourth-order valence-electron chi connectivity index (χ4n) is 3.38. The Hall–Kier alpha value is -2.70. The van der Waals surface area contributed by atoms with Crippen molar-refractivity contribution in [1.82, 2.24) is 10.2 Å². The zero-order valence-electron chi connectivity index (χ0n) is 18.2. The molecule has 0 aliphatic heterocycles. The molecule has 31 heavy (non-hydrogen) atoms. The molecule has 164 valence electrons. The summed E-state index contributed by atoms with van der Waals surface area (Å²) in [6.07, 6.45) is 0.858. The van der Waals surface area contributed by atoms with Gasteiger partial charge in [-0.25, -0.2) is 0 Å². The van der Waals surface area contributed by atoms with E-state index in [1.165, 1.54) is 5.56 Å². The Labute approximate surface area is 186 Å². The van der Waals surface area contributed by atoms with Crippen LogP contribution in [0.1, 0.15) is 40.8 Å². The molecule has 0 saturated heterocycles. The first-order valence-corrected chi connectivity index (χ1v) is 12.0. The first-order chi connectivity index (χ1) is 15.1. The van der Waals surface area contributed by atoms with Gasteiger partial charge in [0.2, 0.25) is 0 Å². The molecule has 6 heteroatoms. The van der Waals surface area contributed by atoms with Crippen molar-refractivity contribution in [3.05, 3.63) is 89.4 Å². The van der Waals surface area contributed by atoms with Crippen molar-refractivity contribution in [1.29, 1.82) is 0 Å². The molecule has 0 fully saturated rings. The highest BCUT2D eigenvalue weighted by Gasteiger charge is 2.14. The molecule has 1 aromatic heterocycles. The molecular formula is C25H30N2O3S. The van der Waals surface area contributed by atoms with Crippen LogP contribution in [0.25, 0.3) is 0 Å². The second-order valence-corrected chi connectivity index (χ2v) is 8.90. The van der Waals surface area contributed by atoms with Gasteiger partial charge >= 0.3 is 0 Å². The average molecular weight is 439 g/mol. The molecule has 0 bridgehead atoms. The van der Waals surface area contributed by atoms with E-state index in [1.54, 1.807) is 12.1 Å². The van der Waals surface area contributed by atoms with Gasteiger partial charge in [-0.15, -0.1) is 0 Å². The van der Waals surface area contributed by atoms with Crippen LogP contribution in [0.15, 0.2) is 76.0 Å². The van der Waals surface area contributed by atoms with E-state index in [0.717, 1.165) is 36.5 Å². The fraction of sp³-hybridized carbons (Fsp3) is 0.320. The smallest absolute Gasteiger partial charge is 0.286 e. The third kappa shape index (κ3) is 6.91. The van der Waals surface area contributed by atoms with E-state index in [1.807, 2.05) is 37.3 Å². The molecule has 1 heterocycles. The molecule has 0 saturated carbocycles. The molecule has 3 rings (SSSR count). The lowest BCUT2D eigenvalue weighted by atomic mass is 10.2. The van der Waals surface area contributed by atoms with Gasteiger partial charge in [0.1, 0.15) is 5.76 Å². The van der Waals surface area contributed by atoms with Crippen molar-refractivity contribution in [2.75, 3.05) is 19.6 Å². The quantitative estimate of drug-likeness (QED) is 0.447. The predicted octanol–water partition coefficient (Wildman–Crippen LogP) is 4.54. The third-order valence-corrected chi connectivity index (χ3v) is 6.63. The molecular weight excluding hydrogens is 408 g/mol. The number of furan rings is 1. The topological polar surface area (TPSA) is 62.6 Å². The molecule has 0 radical (unpaired) electrons. The Bertz CT molecular complexity index is 1000. The molecule has 0 aliphatic rings. The van der Waals surface area contributed by atoms with E-state index in [-0.39, 0.29) is 17.4 Å². The summed E-state index contributed by atoms with van der Waals surface area (Å²) in [5, 5.41) is 2.91. The number of rotatable bonds is 11. The summed E-state index contributed by atoms with van der Waals surface area (Å²) in [6, 6.07) is 21.4. The fourth-order valence-corrected chi connectivity index (χ4v) is 4.61. The van der Waals surface area contributed by atoms with Gasteiger partial charge < -0.3 is 9.73 Å². The summed E-state index contributed by atoms with van der Waals surface area (Å²) in [6.45, 7) is 7.44. The lowest BCUT2D eigenvalue weighted by Crippen LogP contribution is -2.29. The van der Waals surface area contributed by atoms with Gasteiger partial charge in [0.15, 0.2) is 5.76 Å². The molecule has 1 amide bonds. The number of carbonyl (C=O) groups is 1. The number of hydrogen-bond acceptors (Lipinski definition) is 4. The number of nitrogens with zero attached hydrogens (tertiary/aromatic N) is 1. The van der Waals surface area contributed by atoms with Crippen LogP contribution < -0.4 is 5.32 Å². The summed E-state index contributed by atoms with van der Waals surface area (Å²) in [7, 11) is -1.21. The van der Waals surface area contributed by atoms with Crippen molar-refractivity contribution in [2.24, 2.45) is 0 Å². The summed E-state index contributed by atoms with van der Waals surface area (Å²) in [5.41, 5.74) is 2.28. The Morgan fingerprint density at radius 3 is 2.52 bits per heavy atom.